The van der Waals surface area contributed by atoms with Crippen molar-refractivity contribution < 1.29 is 4.74 Å². The van der Waals surface area contributed by atoms with Gasteiger partial charge in [0.15, 0.2) is 0 Å². The second kappa shape index (κ2) is 8.23. The lowest BCUT2D eigenvalue weighted by Crippen LogP contribution is -2.34. The molecule has 0 bridgehead atoms. The lowest BCUT2D eigenvalue weighted by molar-refractivity contribution is 0.306. The Morgan fingerprint density at radius 3 is 2.00 bits per heavy atom. The second-order valence-corrected chi connectivity index (χ2v) is 7.98. The van der Waals surface area contributed by atoms with Crippen molar-refractivity contribution in [1.29, 1.82) is 0 Å². The number of rotatable bonds is 4. The first-order chi connectivity index (χ1) is 11.2. The molecule has 0 aromatic heterocycles. The fourth-order valence-corrected chi connectivity index (χ4v) is 3.39. The summed E-state index contributed by atoms with van der Waals surface area (Å²) in [6, 6.07) is 4.73. The largest absolute Gasteiger partial charge is 0.493 e. The van der Waals surface area contributed by atoms with Crippen LogP contribution < -0.4 is 4.74 Å². The third kappa shape index (κ3) is 4.23. The molecule has 1 aromatic carbocycles. The molecular weight excluding hydrogens is 292 g/mol. The molecule has 1 heteroatoms. The molecule has 136 valence electrons. The average molecular weight is 331 g/mol. The fourth-order valence-electron chi connectivity index (χ4n) is 3.39. The van der Waals surface area contributed by atoms with Crippen molar-refractivity contribution in [2.75, 3.05) is 6.61 Å². The molecule has 0 radical (unpaired) electrons. The van der Waals surface area contributed by atoms with Crippen LogP contribution >= 0.6 is 0 Å². The van der Waals surface area contributed by atoms with Gasteiger partial charge in [-0.2, -0.15) is 0 Å². The van der Waals surface area contributed by atoms with Crippen molar-refractivity contribution >= 4 is 5.57 Å². The maximum Gasteiger partial charge on any atom is 0.127 e. The molecule has 24 heavy (non-hydrogen) atoms. The molecule has 0 amide bonds. The van der Waals surface area contributed by atoms with Crippen LogP contribution in [-0.2, 0) is 10.8 Å². The van der Waals surface area contributed by atoms with Gasteiger partial charge in [-0.05, 0) is 72.8 Å². The summed E-state index contributed by atoms with van der Waals surface area (Å²) in [6.45, 7) is 20.7. The van der Waals surface area contributed by atoms with Crippen LogP contribution in [0.25, 0.3) is 5.57 Å². The second-order valence-electron chi connectivity index (χ2n) is 7.98. The van der Waals surface area contributed by atoms with Gasteiger partial charge in [0.05, 0.1) is 6.61 Å². The molecule has 1 aromatic rings. The van der Waals surface area contributed by atoms with Crippen molar-refractivity contribution in [2.24, 2.45) is 0 Å². The molecule has 1 aliphatic rings. The third-order valence-corrected chi connectivity index (χ3v) is 5.27. The first-order valence-corrected chi connectivity index (χ1v) is 9.68. The molecule has 1 aliphatic carbocycles. The van der Waals surface area contributed by atoms with Gasteiger partial charge in [0.2, 0.25) is 0 Å². The number of hydrogen-bond acceptors (Lipinski definition) is 1. The van der Waals surface area contributed by atoms with Gasteiger partial charge in [-0.15, -0.1) is 0 Å². The Labute approximate surface area is 150 Å². The van der Waals surface area contributed by atoms with Gasteiger partial charge < -0.3 is 4.74 Å². The maximum atomic E-state index is 6.10. The van der Waals surface area contributed by atoms with Crippen molar-refractivity contribution in [3.05, 3.63) is 34.9 Å². The Kier molecular flexibility index (Phi) is 7.13. The molecule has 0 saturated carbocycles. The van der Waals surface area contributed by atoms with Gasteiger partial charge in [0.25, 0.3) is 0 Å². The fraction of sp³-hybridized carbons (Fsp3) is 0.652. The van der Waals surface area contributed by atoms with Gasteiger partial charge >= 0.3 is 0 Å². The van der Waals surface area contributed by atoms with E-state index in [0.29, 0.717) is 0 Å². The Balaban J connectivity index is 0.00000139. The lowest BCUT2D eigenvalue weighted by atomic mass is 9.62. The summed E-state index contributed by atoms with van der Waals surface area (Å²) in [5.41, 5.74) is 6.02. The van der Waals surface area contributed by atoms with Crippen LogP contribution in [0.15, 0.2) is 18.2 Å². The van der Waals surface area contributed by atoms with E-state index >= 15 is 0 Å². The maximum absolute atomic E-state index is 6.10. The van der Waals surface area contributed by atoms with E-state index in [1.807, 2.05) is 13.8 Å². The van der Waals surface area contributed by atoms with Gasteiger partial charge in [-0.25, -0.2) is 0 Å². The number of allylic oxidation sites excluding steroid dienone is 2. The van der Waals surface area contributed by atoms with E-state index in [0.717, 1.165) is 18.8 Å². The molecular formula is C23H38O. The minimum absolute atomic E-state index is 0.234. The first-order valence-electron chi connectivity index (χ1n) is 9.68. The predicted molar refractivity (Wildman–Crippen MR) is 108 cm³/mol. The van der Waals surface area contributed by atoms with E-state index in [4.69, 9.17) is 4.74 Å². The molecule has 0 fully saturated rings. The molecule has 0 N–H and O–H groups in total. The Morgan fingerprint density at radius 1 is 1.04 bits per heavy atom. The predicted octanol–water partition coefficient (Wildman–Crippen LogP) is 7.27. The van der Waals surface area contributed by atoms with Crippen molar-refractivity contribution in [2.45, 2.75) is 92.4 Å². The van der Waals surface area contributed by atoms with Gasteiger partial charge in [-0.1, -0.05) is 54.5 Å². The van der Waals surface area contributed by atoms with E-state index in [1.165, 1.54) is 35.1 Å². The normalized spacial score (nSPS) is 18.3. The van der Waals surface area contributed by atoms with Crippen molar-refractivity contribution in [3.63, 3.8) is 0 Å². The monoisotopic (exact) mass is 330 g/mol. The summed E-state index contributed by atoms with van der Waals surface area (Å²) in [4.78, 5) is 0. The standard InChI is InChI=1S/C21H32O.C2H6/c1-8-12-22-19-14-18-17(13-16(19)15(3)9-2)20(4,5)10-11-21(18,6)7;1-2/h9,13-14H,8,10-12H2,1-7H3;1-2H3/b15-9-;. The van der Waals surface area contributed by atoms with Crippen LogP contribution in [0.4, 0.5) is 0 Å². The van der Waals surface area contributed by atoms with E-state index in [-0.39, 0.29) is 10.8 Å². The number of fused-ring (bicyclic) bond motifs is 1. The molecule has 1 nitrogen and oxygen atoms in total. The van der Waals surface area contributed by atoms with E-state index in [2.05, 4.69) is 66.7 Å². The highest BCUT2D eigenvalue weighted by molar-refractivity contribution is 5.71. The highest BCUT2D eigenvalue weighted by Gasteiger charge is 2.37. The SMILES string of the molecule is C/C=C(/C)c1cc2c(cc1OCCC)C(C)(C)CCC2(C)C.CC. The van der Waals surface area contributed by atoms with Crippen LogP contribution in [0.1, 0.15) is 98.3 Å². The smallest absolute Gasteiger partial charge is 0.127 e. The van der Waals surface area contributed by atoms with E-state index < -0.39 is 0 Å². The zero-order chi connectivity index (χ0) is 18.5. The Morgan fingerprint density at radius 2 is 1.54 bits per heavy atom. The molecule has 0 spiro atoms. The summed E-state index contributed by atoms with van der Waals surface area (Å²) in [5.74, 6) is 1.06. The molecule has 2 rings (SSSR count). The average Bonchev–Trinajstić information content (AvgIpc) is 2.57. The minimum Gasteiger partial charge on any atom is -0.493 e. The number of hydrogen-bond donors (Lipinski definition) is 0. The zero-order valence-corrected chi connectivity index (χ0v) is 17.5. The summed E-state index contributed by atoms with van der Waals surface area (Å²) >= 11 is 0. The molecule has 0 atom stereocenters. The van der Waals surface area contributed by atoms with Crippen molar-refractivity contribution in [3.8, 4) is 5.75 Å². The van der Waals surface area contributed by atoms with Crippen LogP contribution in [0.3, 0.4) is 0 Å². The van der Waals surface area contributed by atoms with Crippen molar-refractivity contribution in [1.82, 2.24) is 0 Å². The number of ether oxygens (including phenoxy) is 1. The summed E-state index contributed by atoms with van der Waals surface area (Å²) in [7, 11) is 0. The summed E-state index contributed by atoms with van der Waals surface area (Å²) < 4.78 is 6.10. The zero-order valence-electron chi connectivity index (χ0n) is 17.5. The summed E-state index contributed by atoms with van der Waals surface area (Å²) in [5, 5.41) is 0. The molecule has 0 heterocycles. The third-order valence-electron chi connectivity index (χ3n) is 5.27. The topological polar surface area (TPSA) is 9.23 Å². The Bertz CT molecular complexity index is 576. The molecule has 0 saturated heterocycles. The Hall–Kier alpha value is -1.24. The van der Waals surface area contributed by atoms with Crippen LogP contribution in [-0.4, -0.2) is 6.61 Å². The number of benzene rings is 1. The molecule has 0 unspecified atom stereocenters. The van der Waals surface area contributed by atoms with Crippen LogP contribution in [0, 0.1) is 0 Å². The van der Waals surface area contributed by atoms with Crippen LogP contribution in [0.2, 0.25) is 0 Å². The summed E-state index contributed by atoms with van der Waals surface area (Å²) in [6.07, 6.45) is 5.71. The van der Waals surface area contributed by atoms with E-state index in [1.54, 1.807) is 0 Å². The van der Waals surface area contributed by atoms with Crippen LogP contribution in [0.5, 0.6) is 5.75 Å². The minimum atomic E-state index is 0.234. The first kappa shape index (κ1) is 20.8. The van der Waals surface area contributed by atoms with E-state index in [9.17, 15) is 0 Å². The molecule has 0 aliphatic heterocycles. The highest BCUT2D eigenvalue weighted by Crippen LogP contribution is 2.48. The van der Waals surface area contributed by atoms with Gasteiger partial charge in [0.1, 0.15) is 5.75 Å². The van der Waals surface area contributed by atoms with Gasteiger partial charge in [-0.3, -0.25) is 0 Å². The lowest BCUT2D eigenvalue weighted by Gasteiger charge is -2.42. The quantitative estimate of drug-likeness (QED) is 0.564. The van der Waals surface area contributed by atoms with Gasteiger partial charge in [0, 0.05) is 5.56 Å². The highest BCUT2D eigenvalue weighted by atomic mass is 16.5.